The fourth-order valence-corrected chi connectivity index (χ4v) is 3.09. The lowest BCUT2D eigenvalue weighted by Gasteiger charge is -2.35. The van der Waals surface area contributed by atoms with Gasteiger partial charge in [-0.2, -0.15) is 0 Å². The van der Waals surface area contributed by atoms with Crippen molar-refractivity contribution in [2.75, 3.05) is 52.4 Å². The van der Waals surface area contributed by atoms with Gasteiger partial charge < -0.3 is 14.4 Å². The minimum Gasteiger partial charge on any atom is -0.412 e. The first kappa shape index (κ1) is 29.6. The molecule has 152 valence electrons. The molecular formula is C24H42N2O+2. The van der Waals surface area contributed by atoms with E-state index in [2.05, 4.69) is 52.6 Å². The highest BCUT2D eigenvalue weighted by Crippen LogP contribution is 2.08. The van der Waals surface area contributed by atoms with E-state index in [4.69, 9.17) is 0 Å². The number of hydrogen-bond donors (Lipinski definition) is 0. The molecule has 0 heterocycles. The Hall–Kier alpha value is -2.20. The zero-order valence-electron chi connectivity index (χ0n) is 17.3. The summed E-state index contributed by atoms with van der Waals surface area (Å²) in [4.78, 5) is 0. The minimum absolute atomic E-state index is 0. The van der Waals surface area contributed by atoms with E-state index in [9.17, 15) is 0 Å². The molecule has 0 radical (unpaired) electrons. The monoisotopic (exact) mass is 374 g/mol. The Morgan fingerprint density at radius 2 is 0.444 bits per heavy atom. The van der Waals surface area contributed by atoms with Crippen molar-refractivity contribution in [1.29, 1.82) is 0 Å². The van der Waals surface area contributed by atoms with Crippen LogP contribution >= 0.6 is 0 Å². The lowest BCUT2D eigenvalue weighted by Crippen LogP contribution is -2.48. The van der Waals surface area contributed by atoms with Crippen molar-refractivity contribution < 1.29 is 14.4 Å². The summed E-state index contributed by atoms with van der Waals surface area (Å²) in [6.07, 6.45) is 15.5. The van der Waals surface area contributed by atoms with Gasteiger partial charge in [0.15, 0.2) is 0 Å². The Morgan fingerprint density at radius 1 is 0.333 bits per heavy atom. The maximum Gasteiger partial charge on any atom is 0.0978 e. The van der Waals surface area contributed by atoms with E-state index in [1.807, 2.05) is 48.6 Å². The maximum absolute atomic E-state index is 3.77. The van der Waals surface area contributed by atoms with Gasteiger partial charge in [-0.15, -0.1) is 0 Å². The summed E-state index contributed by atoms with van der Waals surface area (Å²) in [5.41, 5.74) is 0. The normalized spacial score (nSPS) is 10.1. The summed E-state index contributed by atoms with van der Waals surface area (Å²) in [6.45, 7) is 37.7. The van der Waals surface area contributed by atoms with Crippen LogP contribution in [-0.2, 0) is 0 Å². The van der Waals surface area contributed by atoms with Crippen molar-refractivity contribution in [3.8, 4) is 0 Å². The molecule has 0 atom stereocenters. The summed E-state index contributed by atoms with van der Waals surface area (Å²) in [7, 11) is 0. The third-order valence-corrected chi connectivity index (χ3v) is 4.13. The number of quaternary nitrogens is 2. The molecule has 0 spiro atoms. The van der Waals surface area contributed by atoms with Gasteiger partial charge in [0, 0.05) is 0 Å². The minimum atomic E-state index is 0. The van der Waals surface area contributed by atoms with E-state index in [1.165, 1.54) is 0 Å². The first-order chi connectivity index (χ1) is 12.5. The lowest BCUT2D eigenvalue weighted by molar-refractivity contribution is -0.906. The molecule has 3 nitrogen and oxygen atoms in total. The van der Waals surface area contributed by atoms with Crippen LogP contribution in [0.15, 0.2) is 101 Å². The second kappa shape index (κ2) is 18.6. The Labute approximate surface area is 168 Å². The maximum atomic E-state index is 3.77. The molecular weight excluding hydrogens is 332 g/mol. The van der Waals surface area contributed by atoms with Crippen LogP contribution in [-0.4, -0.2) is 66.8 Å². The average Bonchev–Trinajstić information content (AvgIpc) is 2.57. The van der Waals surface area contributed by atoms with Crippen molar-refractivity contribution in [3.05, 3.63) is 101 Å². The summed E-state index contributed by atoms with van der Waals surface area (Å²) in [5.74, 6) is 0. The van der Waals surface area contributed by atoms with Crippen LogP contribution in [0.3, 0.4) is 0 Å². The summed E-state index contributed by atoms with van der Waals surface area (Å²) in [6, 6.07) is 0. The zero-order chi connectivity index (χ0) is 20.3. The molecule has 0 aromatic rings. The van der Waals surface area contributed by atoms with E-state index in [-0.39, 0.29) is 5.48 Å². The van der Waals surface area contributed by atoms with Crippen LogP contribution in [0.4, 0.5) is 0 Å². The van der Waals surface area contributed by atoms with Gasteiger partial charge in [0.25, 0.3) is 0 Å². The molecule has 0 fully saturated rings. The van der Waals surface area contributed by atoms with Gasteiger partial charge in [-0.3, -0.25) is 0 Å². The predicted molar refractivity (Wildman–Crippen MR) is 125 cm³/mol. The summed E-state index contributed by atoms with van der Waals surface area (Å²) < 4.78 is 1.81. The second-order valence-corrected chi connectivity index (χ2v) is 6.45. The van der Waals surface area contributed by atoms with Crippen LogP contribution in [0.25, 0.3) is 0 Å². The van der Waals surface area contributed by atoms with Gasteiger partial charge in [-0.1, -0.05) is 52.6 Å². The summed E-state index contributed by atoms with van der Waals surface area (Å²) in [5, 5.41) is 0. The van der Waals surface area contributed by atoms with E-state index in [0.717, 1.165) is 61.3 Å². The van der Waals surface area contributed by atoms with E-state index >= 15 is 0 Å². The second-order valence-electron chi connectivity index (χ2n) is 6.45. The van der Waals surface area contributed by atoms with Gasteiger partial charge in [-0.25, -0.2) is 0 Å². The SMILES string of the molecule is C=CC[N+](CC=C)(CC=C)CC=C.C=CC[N+](CC=C)(CC=C)CC=C.O. The third-order valence-electron chi connectivity index (χ3n) is 4.13. The molecule has 0 aliphatic rings. The van der Waals surface area contributed by atoms with Crippen molar-refractivity contribution >= 4 is 0 Å². The Kier molecular flexibility index (Phi) is 20.3. The lowest BCUT2D eigenvalue weighted by atomic mass is 10.3. The highest BCUT2D eigenvalue weighted by atomic mass is 16.0. The van der Waals surface area contributed by atoms with Crippen molar-refractivity contribution in [3.63, 3.8) is 0 Å². The number of hydrogen-bond acceptors (Lipinski definition) is 0. The first-order valence-electron chi connectivity index (χ1n) is 9.06. The molecule has 3 heteroatoms. The van der Waals surface area contributed by atoms with E-state index in [1.54, 1.807) is 0 Å². The van der Waals surface area contributed by atoms with Crippen LogP contribution in [0.1, 0.15) is 0 Å². The van der Waals surface area contributed by atoms with E-state index < -0.39 is 0 Å². The van der Waals surface area contributed by atoms with Gasteiger partial charge in [0.05, 0.1) is 52.4 Å². The molecule has 0 aromatic carbocycles. The van der Waals surface area contributed by atoms with Crippen molar-refractivity contribution in [1.82, 2.24) is 0 Å². The standard InChI is InChI=1S/2C12H20N.H2O/c2*1-5-9-13(10-6-2,11-7-3)12-8-4;/h2*5-8H,1-4,9-12H2;1H2/q2*+1;. The number of rotatable bonds is 16. The average molecular weight is 375 g/mol. The van der Waals surface area contributed by atoms with Gasteiger partial charge >= 0.3 is 0 Å². The largest absolute Gasteiger partial charge is 0.412 e. The molecule has 27 heavy (non-hydrogen) atoms. The molecule has 0 aromatic heterocycles. The zero-order valence-corrected chi connectivity index (χ0v) is 17.3. The molecule has 2 N–H and O–H groups in total. The molecule has 0 unspecified atom stereocenters. The van der Waals surface area contributed by atoms with Gasteiger partial charge in [0.1, 0.15) is 0 Å². The van der Waals surface area contributed by atoms with Crippen LogP contribution in [0.5, 0.6) is 0 Å². The first-order valence-corrected chi connectivity index (χ1v) is 9.06. The fraction of sp³-hybridized carbons (Fsp3) is 0.333. The third kappa shape index (κ3) is 12.7. The molecule has 0 saturated heterocycles. The van der Waals surface area contributed by atoms with Crippen LogP contribution in [0.2, 0.25) is 0 Å². The Morgan fingerprint density at radius 3 is 0.519 bits per heavy atom. The molecule has 0 saturated carbocycles. The topological polar surface area (TPSA) is 31.5 Å². The molecule has 0 aliphatic carbocycles. The van der Waals surface area contributed by atoms with Crippen molar-refractivity contribution in [2.45, 2.75) is 0 Å². The summed E-state index contributed by atoms with van der Waals surface area (Å²) >= 11 is 0. The van der Waals surface area contributed by atoms with Crippen molar-refractivity contribution in [2.24, 2.45) is 0 Å². The fourth-order valence-electron chi connectivity index (χ4n) is 3.09. The van der Waals surface area contributed by atoms with Gasteiger partial charge in [0.2, 0.25) is 0 Å². The quantitative estimate of drug-likeness (QED) is 0.285. The predicted octanol–water partition coefficient (Wildman–Crippen LogP) is 4.27. The Bertz CT molecular complexity index is 342. The van der Waals surface area contributed by atoms with Gasteiger partial charge in [-0.05, 0) is 48.6 Å². The smallest absolute Gasteiger partial charge is 0.0978 e. The molecule has 0 bridgehead atoms. The molecule has 0 amide bonds. The van der Waals surface area contributed by atoms with Crippen LogP contribution in [0, 0.1) is 0 Å². The molecule has 0 rings (SSSR count). The Balaban J connectivity index is -0.000000411. The highest BCUT2D eigenvalue weighted by Gasteiger charge is 2.21. The highest BCUT2D eigenvalue weighted by molar-refractivity contribution is 4.80. The molecule has 0 aliphatic heterocycles. The van der Waals surface area contributed by atoms with E-state index in [0.29, 0.717) is 0 Å². The van der Waals surface area contributed by atoms with Crippen LogP contribution < -0.4 is 0 Å². The number of nitrogens with zero attached hydrogens (tertiary/aromatic N) is 2.